The van der Waals surface area contributed by atoms with E-state index in [0.717, 1.165) is 38.2 Å². The molecule has 0 spiro atoms. The molecule has 1 aliphatic heterocycles. The second-order valence-electron chi connectivity index (χ2n) is 8.06. The van der Waals surface area contributed by atoms with E-state index in [4.69, 9.17) is 0 Å². The van der Waals surface area contributed by atoms with Crippen molar-refractivity contribution >= 4 is 17.2 Å². The summed E-state index contributed by atoms with van der Waals surface area (Å²) >= 11 is 1.77. The normalized spacial score (nSPS) is 15.2. The average Bonchev–Trinajstić information content (AvgIpc) is 3.26. The lowest BCUT2D eigenvalue weighted by molar-refractivity contribution is 0.0906. The Balaban J connectivity index is 1.40. The first-order chi connectivity index (χ1) is 15.0. The number of carbonyl (C=O) groups is 1. The van der Waals surface area contributed by atoms with E-state index < -0.39 is 0 Å². The van der Waals surface area contributed by atoms with Gasteiger partial charge >= 0.3 is 0 Å². The van der Waals surface area contributed by atoms with Crippen molar-refractivity contribution in [2.75, 3.05) is 13.1 Å². The molecule has 162 valence electrons. The molecule has 0 aromatic carbocycles. The van der Waals surface area contributed by atoms with E-state index in [1.54, 1.807) is 36.9 Å². The number of hydrogen-bond donors (Lipinski definition) is 1. The number of nitrogens with zero attached hydrogens (tertiary/aromatic N) is 4. The number of rotatable bonds is 6. The van der Waals surface area contributed by atoms with Crippen LogP contribution in [0, 0.1) is 13.8 Å². The predicted molar refractivity (Wildman–Crippen MR) is 121 cm³/mol. The second-order valence-corrected chi connectivity index (χ2v) is 9.09. The number of amides is 1. The van der Waals surface area contributed by atoms with E-state index in [0.29, 0.717) is 11.3 Å². The Labute approximate surface area is 185 Å². The van der Waals surface area contributed by atoms with E-state index in [1.165, 1.54) is 9.44 Å². The van der Waals surface area contributed by atoms with Crippen molar-refractivity contribution < 1.29 is 4.79 Å². The lowest BCUT2D eigenvalue weighted by Gasteiger charge is -2.32. The van der Waals surface area contributed by atoms with Crippen LogP contribution in [-0.4, -0.2) is 44.5 Å². The highest BCUT2D eigenvalue weighted by Gasteiger charge is 2.24. The standard InChI is InChI=1S/C23H27N5O2S/c1-16-5-10-28(14-19-13-24-17(2)12-25-19)23(30)21(16)22(29)26-18-6-8-27(9-7-18)15-20-4-3-11-31-20/h3-5,10-13,18H,6-9,14-15H2,1-2H3,(H,26,29). The van der Waals surface area contributed by atoms with Crippen LogP contribution >= 0.6 is 11.3 Å². The van der Waals surface area contributed by atoms with Crippen molar-refractivity contribution in [1.82, 2.24) is 24.8 Å². The van der Waals surface area contributed by atoms with Gasteiger partial charge < -0.3 is 9.88 Å². The van der Waals surface area contributed by atoms with Crippen LogP contribution in [0.5, 0.6) is 0 Å². The van der Waals surface area contributed by atoms with Crippen LogP contribution in [0.25, 0.3) is 0 Å². The largest absolute Gasteiger partial charge is 0.349 e. The SMILES string of the molecule is Cc1cnc(Cn2ccc(C)c(C(=O)NC3CCN(Cc4cccs4)CC3)c2=O)cn1. The fraction of sp³-hybridized carbons (Fsp3) is 0.391. The summed E-state index contributed by atoms with van der Waals surface area (Å²) in [6, 6.07) is 6.13. The third-order valence-electron chi connectivity index (χ3n) is 5.65. The molecule has 0 bridgehead atoms. The summed E-state index contributed by atoms with van der Waals surface area (Å²) in [4.78, 5) is 38.3. The molecule has 1 amide bonds. The number of aryl methyl sites for hydroxylation is 2. The summed E-state index contributed by atoms with van der Waals surface area (Å²) < 4.78 is 1.52. The Kier molecular flexibility index (Phi) is 6.58. The fourth-order valence-corrected chi connectivity index (χ4v) is 4.60. The number of nitrogens with one attached hydrogen (secondary N) is 1. The molecular formula is C23H27N5O2S. The molecule has 0 aliphatic carbocycles. The minimum absolute atomic E-state index is 0.0857. The van der Waals surface area contributed by atoms with Crippen LogP contribution in [0.4, 0.5) is 0 Å². The van der Waals surface area contributed by atoms with Crippen LogP contribution in [0.3, 0.4) is 0 Å². The Morgan fingerprint density at radius 2 is 1.97 bits per heavy atom. The summed E-state index contributed by atoms with van der Waals surface area (Å²) in [5.74, 6) is -0.288. The van der Waals surface area contributed by atoms with Crippen molar-refractivity contribution in [1.29, 1.82) is 0 Å². The highest BCUT2D eigenvalue weighted by atomic mass is 32.1. The molecular weight excluding hydrogens is 410 g/mol. The van der Waals surface area contributed by atoms with Crippen LogP contribution in [0.15, 0.2) is 47.0 Å². The number of carbonyl (C=O) groups excluding carboxylic acids is 1. The number of likely N-dealkylation sites (tertiary alicyclic amines) is 1. The van der Waals surface area contributed by atoms with E-state index >= 15 is 0 Å². The van der Waals surface area contributed by atoms with Gasteiger partial charge in [-0.1, -0.05) is 6.07 Å². The van der Waals surface area contributed by atoms with E-state index in [2.05, 4.69) is 37.7 Å². The van der Waals surface area contributed by atoms with Crippen molar-refractivity contribution in [2.45, 2.75) is 45.8 Å². The zero-order valence-corrected chi connectivity index (χ0v) is 18.7. The van der Waals surface area contributed by atoms with Crippen molar-refractivity contribution in [3.63, 3.8) is 0 Å². The quantitative estimate of drug-likeness (QED) is 0.641. The van der Waals surface area contributed by atoms with Gasteiger partial charge in [-0.25, -0.2) is 0 Å². The van der Waals surface area contributed by atoms with Gasteiger partial charge in [0.2, 0.25) is 0 Å². The van der Waals surface area contributed by atoms with Crippen LogP contribution < -0.4 is 10.9 Å². The molecule has 1 N–H and O–H groups in total. The Morgan fingerprint density at radius 1 is 1.16 bits per heavy atom. The lowest BCUT2D eigenvalue weighted by atomic mass is 10.0. The van der Waals surface area contributed by atoms with Gasteiger partial charge in [0.25, 0.3) is 11.5 Å². The lowest BCUT2D eigenvalue weighted by Crippen LogP contribution is -2.46. The maximum atomic E-state index is 13.0. The molecule has 3 aromatic heterocycles. The summed E-state index contributed by atoms with van der Waals surface area (Å²) in [5.41, 5.74) is 2.10. The molecule has 4 rings (SSSR count). The smallest absolute Gasteiger partial charge is 0.264 e. The molecule has 4 heterocycles. The van der Waals surface area contributed by atoms with Crippen LogP contribution in [-0.2, 0) is 13.1 Å². The zero-order chi connectivity index (χ0) is 21.8. The van der Waals surface area contributed by atoms with Gasteiger partial charge in [0.05, 0.1) is 24.1 Å². The molecule has 1 aliphatic rings. The third kappa shape index (κ3) is 5.26. The van der Waals surface area contributed by atoms with Gasteiger partial charge in [0.15, 0.2) is 0 Å². The monoisotopic (exact) mass is 437 g/mol. The van der Waals surface area contributed by atoms with Crippen molar-refractivity contribution in [3.05, 3.63) is 79.9 Å². The van der Waals surface area contributed by atoms with Crippen molar-refractivity contribution in [3.8, 4) is 0 Å². The first-order valence-corrected chi connectivity index (χ1v) is 11.4. The highest BCUT2D eigenvalue weighted by molar-refractivity contribution is 7.09. The van der Waals surface area contributed by atoms with Gasteiger partial charge in [-0.15, -0.1) is 11.3 Å². The molecule has 3 aromatic rings. The van der Waals surface area contributed by atoms with Gasteiger partial charge in [0.1, 0.15) is 5.56 Å². The molecule has 0 radical (unpaired) electrons. The molecule has 7 nitrogen and oxygen atoms in total. The third-order valence-corrected chi connectivity index (χ3v) is 6.51. The number of hydrogen-bond acceptors (Lipinski definition) is 6. The molecule has 31 heavy (non-hydrogen) atoms. The summed E-state index contributed by atoms with van der Waals surface area (Å²) in [6.07, 6.45) is 6.81. The van der Waals surface area contributed by atoms with Crippen LogP contribution in [0.2, 0.25) is 0 Å². The van der Waals surface area contributed by atoms with E-state index in [9.17, 15) is 9.59 Å². The Morgan fingerprint density at radius 3 is 2.65 bits per heavy atom. The topological polar surface area (TPSA) is 80.1 Å². The molecule has 1 saturated heterocycles. The number of pyridine rings is 1. The summed E-state index contributed by atoms with van der Waals surface area (Å²) in [7, 11) is 0. The minimum Gasteiger partial charge on any atom is -0.349 e. The van der Waals surface area contributed by atoms with Gasteiger partial charge in [-0.3, -0.25) is 24.5 Å². The van der Waals surface area contributed by atoms with Crippen LogP contribution in [0.1, 0.15) is 45.0 Å². The van der Waals surface area contributed by atoms with Gasteiger partial charge in [-0.2, -0.15) is 0 Å². The molecule has 0 unspecified atom stereocenters. The first kappa shape index (κ1) is 21.4. The zero-order valence-electron chi connectivity index (χ0n) is 17.9. The minimum atomic E-state index is -0.296. The summed E-state index contributed by atoms with van der Waals surface area (Å²) in [6.45, 7) is 6.79. The van der Waals surface area contributed by atoms with Gasteiger partial charge in [-0.05, 0) is 49.8 Å². The molecule has 8 heteroatoms. The highest BCUT2D eigenvalue weighted by Crippen LogP contribution is 2.17. The molecule has 0 saturated carbocycles. The fourth-order valence-electron chi connectivity index (χ4n) is 3.86. The maximum Gasteiger partial charge on any atom is 0.264 e. The predicted octanol–water partition coefficient (Wildman–Crippen LogP) is 2.76. The second kappa shape index (κ2) is 9.53. The Bertz CT molecular complexity index is 1080. The number of aromatic nitrogens is 3. The average molecular weight is 438 g/mol. The Hall–Kier alpha value is -2.84. The van der Waals surface area contributed by atoms with Gasteiger partial charge in [0, 0.05) is 42.9 Å². The molecule has 1 fully saturated rings. The van der Waals surface area contributed by atoms with Crippen molar-refractivity contribution in [2.24, 2.45) is 0 Å². The first-order valence-electron chi connectivity index (χ1n) is 10.5. The number of piperidine rings is 1. The summed E-state index contributed by atoms with van der Waals surface area (Å²) in [5, 5.41) is 5.19. The molecule has 0 atom stereocenters. The number of thiophene rings is 1. The van der Waals surface area contributed by atoms with E-state index in [1.807, 2.05) is 13.0 Å². The van der Waals surface area contributed by atoms with E-state index in [-0.39, 0.29) is 29.6 Å². The maximum absolute atomic E-state index is 13.0.